The number of anilines is 1. The maximum absolute atomic E-state index is 14.0. The summed E-state index contributed by atoms with van der Waals surface area (Å²) in [5.41, 5.74) is 1.66. The number of morpholine rings is 1. The first-order chi connectivity index (χ1) is 15.7. The summed E-state index contributed by atoms with van der Waals surface area (Å²) >= 11 is 1.34. The summed E-state index contributed by atoms with van der Waals surface area (Å²) in [6.45, 7) is 4.97. The average molecular weight is 456 g/mol. The van der Waals surface area contributed by atoms with Gasteiger partial charge in [-0.3, -0.25) is 9.36 Å². The summed E-state index contributed by atoms with van der Waals surface area (Å²) in [6, 6.07) is 16.1. The Morgan fingerprint density at radius 2 is 1.94 bits per heavy atom. The van der Waals surface area contributed by atoms with Crippen LogP contribution in [0.3, 0.4) is 0 Å². The second kappa shape index (κ2) is 10.6. The Labute approximate surface area is 191 Å². The lowest BCUT2D eigenvalue weighted by Crippen LogP contribution is -2.38. The smallest absolute Gasteiger partial charge is 0.233 e. The molecule has 0 radical (unpaired) electrons. The molecule has 1 aliphatic heterocycles. The number of halogens is 1. The number of hydrogen-bond acceptors (Lipinski definition) is 6. The molecule has 0 aliphatic carbocycles. The summed E-state index contributed by atoms with van der Waals surface area (Å²) < 4.78 is 21.3. The number of nitrogens with one attached hydrogen (secondary N) is 1. The van der Waals surface area contributed by atoms with Gasteiger partial charge in [-0.05, 0) is 30.2 Å². The highest BCUT2D eigenvalue weighted by Crippen LogP contribution is 2.31. The van der Waals surface area contributed by atoms with E-state index < -0.39 is 0 Å². The lowest BCUT2D eigenvalue weighted by atomic mass is 10.2. The third-order valence-electron chi connectivity index (χ3n) is 5.20. The van der Waals surface area contributed by atoms with Crippen molar-refractivity contribution in [3.63, 3.8) is 0 Å². The van der Waals surface area contributed by atoms with Gasteiger partial charge in [0, 0.05) is 19.6 Å². The SMILES string of the molecule is CCC(Sc1nnc(N2CCOCC2)n1-c1cccc(F)c1)C(=O)NCc1ccccc1. The van der Waals surface area contributed by atoms with E-state index in [1.807, 2.05) is 47.9 Å². The van der Waals surface area contributed by atoms with Gasteiger partial charge in [0.2, 0.25) is 11.9 Å². The predicted molar refractivity (Wildman–Crippen MR) is 123 cm³/mol. The minimum Gasteiger partial charge on any atom is -0.378 e. The number of ether oxygens (including phenoxy) is 1. The Hall–Kier alpha value is -2.91. The molecule has 7 nitrogen and oxygen atoms in total. The highest BCUT2D eigenvalue weighted by Gasteiger charge is 2.26. The standard InChI is InChI=1S/C23H26FN5O2S/c1-2-20(21(30)25-16-17-7-4-3-5-8-17)32-23-27-26-22(28-11-13-31-14-12-28)29(23)19-10-6-9-18(24)15-19/h3-10,15,20H,2,11-14,16H2,1H3,(H,25,30). The van der Waals surface area contributed by atoms with Crippen molar-refractivity contribution in [2.45, 2.75) is 30.3 Å². The third-order valence-corrected chi connectivity index (χ3v) is 6.50. The van der Waals surface area contributed by atoms with Crippen LogP contribution in [0.5, 0.6) is 0 Å². The van der Waals surface area contributed by atoms with Gasteiger partial charge in [0.25, 0.3) is 0 Å². The number of carbonyl (C=O) groups excluding carboxylic acids is 1. The fourth-order valence-corrected chi connectivity index (χ4v) is 4.49. The molecule has 1 aromatic heterocycles. The van der Waals surface area contributed by atoms with Crippen molar-refractivity contribution in [1.29, 1.82) is 0 Å². The summed E-state index contributed by atoms with van der Waals surface area (Å²) in [4.78, 5) is 15.0. The molecule has 1 saturated heterocycles. The van der Waals surface area contributed by atoms with E-state index in [-0.39, 0.29) is 17.0 Å². The highest BCUT2D eigenvalue weighted by atomic mass is 32.2. The lowest BCUT2D eigenvalue weighted by Gasteiger charge is -2.28. The van der Waals surface area contributed by atoms with E-state index in [2.05, 4.69) is 20.4 Å². The van der Waals surface area contributed by atoms with Crippen LogP contribution in [0.1, 0.15) is 18.9 Å². The Morgan fingerprint density at radius 1 is 1.16 bits per heavy atom. The number of aromatic nitrogens is 3. The van der Waals surface area contributed by atoms with Crippen LogP contribution < -0.4 is 10.2 Å². The first-order valence-electron chi connectivity index (χ1n) is 10.7. The number of benzene rings is 2. The molecule has 0 bridgehead atoms. The van der Waals surface area contributed by atoms with Gasteiger partial charge in [-0.15, -0.1) is 10.2 Å². The molecule has 168 valence electrons. The summed E-state index contributed by atoms with van der Waals surface area (Å²) in [6.07, 6.45) is 0.619. The van der Waals surface area contributed by atoms with Crippen LogP contribution >= 0.6 is 11.8 Å². The number of rotatable bonds is 8. The third kappa shape index (κ3) is 5.28. The van der Waals surface area contributed by atoms with Crippen molar-refractivity contribution < 1.29 is 13.9 Å². The average Bonchev–Trinajstić information content (AvgIpc) is 3.26. The topological polar surface area (TPSA) is 72.3 Å². The van der Waals surface area contributed by atoms with E-state index in [4.69, 9.17) is 4.74 Å². The van der Waals surface area contributed by atoms with Gasteiger partial charge in [-0.25, -0.2) is 4.39 Å². The Kier molecular flexibility index (Phi) is 7.39. The number of amides is 1. The van der Waals surface area contributed by atoms with Crippen molar-refractivity contribution in [3.05, 3.63) is 66.0 Å². The van der Waals surface area contributed by atoms with Crippen LogP contribution in [-0.4, -0.2) is 52.2 Å². The number of hydrogen-bond donors (Lipinski definition) is 1. The van der Waals surface area contributed by atoms with Crippen molar-refractivity contribution in [1.82, 2.24) is 20.1 Å². The van der Waals surface area contributed by atoms with Crippen LogP contribution in [-0.2, 0) is 16.1 Å². The molecule has 1 aliphatic rings. The van der Waals surface area contributed by atoms with Gasteiger partial charge in [0.1, 0.15) is 5.82 Å². The second-order valence-electron chi connectivity index (χ2n) is 7.42. The molecule has 1 N–H and O–H groups in total. The van der Waals surface area contributed by atoms with Gasteiger partial charge in [0.05, 0.1) is 24.2 Å². The molecule has 1 atom stereocenters. The minimum atomic E-state index is -0.354. The first kappa shape index (κ1) is 22.3. The van der Waals surface area contributed by atoms with E-state index in [0.29, 0.717) is 56.1 Å². The molecule has 0 spiro atoms. The predicted octanol–water partition coefficient (Wildman–Crippen LogP) is 3.43. The van der Waals surface area contributed by atoms with Crippen molar-refractivity contribution in [2.24, 2.45) is 0 Å². The van der Waals surface area contributed by atoms with Crippen LogP contribution in [0.4, 0.5) is 10.3 Å². The van der Waals surface area contributed by atoms with Gasteiger partial charge in [-0.2, -0.15) is 0 Å². The summed E-state index contributed by atoms with van der Waals surface area (Å²) in [5.74, 6) is 0.219. The van der Waals surface area contributed by atoms with Gasteiger partial charge >= 0.3 is 0 Å². The van der Waals surface area contributed by atoms with Gasteiger partial charge in [0.15, 0.2) is 5.16 Å². The maximum Gasteiger partial charge on any atom is 0.233 e. The Balaban J connectivity index is 1.57. The van der Waals surface area contributed by atoms with Crippen molar-refractivity contribution in [3.8, 4) is 5.69 Å². The van der Waals surface area contributed by atoms with E-state index in [1.165, 1.54) is 23.9 Å². The largest absolute Gasteiger partial charge is 0.378 e. The van der Waals surface area contributed by atoms with Crippen molar-refractivity contribution >= 4 is 23.6 Å². The summed E-state index contributed by atoms with van der Waals surface area (Å²) in [7, 11) is 0. The fourth-order valence-electron chi connectivity index (χ4n) is 3.50. The zero-order chi connectivity index (χ0) is 22.3. The molecule has 0 saturated carbocycles. The summed E-state index contributed by atoms with van der Waals surface area (Å²) in [5, 5.41) is 12.0. The normalized spacial score (nSPS) is 14.9. The van der Waals surface area contributed by atoms with E-state index in [1.54, 1.807) is 6.07 Å². The minimum absolute atomic E-state index is 0.0666. The molecule has 3 aromatic rings. The molecule has 2 heterocycles. The quantitative estimate of drug-likeness (QED) is 0.525. The molecule has 9 heteroatoms. The molecular formula is C23H26FN5O2S. The van der Waals surface area contributed by atoms with Crippen LogP contribution in [0, 0.1) is 5.82 Å². The molecule has 2 aromatic carbocycles. The number of nitrogens with zero attached hydrogens (tertiary/aromatic N) is 4. The van der Waals surface area contributed by atoms with E-state index in [9.17, 15) is 9.18 Å². The second-order valence-corrected chi connectivity index (χ2v) is 8.59. The molecule has 1 fully saturated rings. The molecule has 1 unspecified atom stereocenters. The van der Waals surface area contributed by atoms with Crippen LogP contribution in [0.2, 0.25) is 0 Å². The van der Waals surface area contributed by atoms with Crippen molar-refractivity contribution in [2.75, 3.05) is 31.2 Å². The maximum atomic E-state index is 14.0. The Bertz CT molecular complexity index is 1040. The molecule has 1 amide bonds. The Morgan fingerprint density at radius 3 is 2.66 bits per heavy atom. The fraction of sp³-hybridized carbons (Fsp3) is 0.348. The zero-order valence-electron chi connectivity index (χ0n) is 17.9. The molecular weight excluding hydrogens is 429 g/mol. The lowest BCUT2D eigenvalue weighted by molar-refractivity contribution is -0.120. The van der Waals surface area contributed by atoms with Crippen LogP contribution in [0.25, 0.3) is 5.69 Å². The van der Waals surface area contributed by atoms with Gasteiger partial charge < -0.3 is 15.0 Å². The highest BCUT2D eigenvalue weighted by molar-refractivity contribution is 8.00. The van der Waals surface area contributed by atoms with Gasteiger partial charge in [-0.1, -0.05) is 55.1 Å². The number of thioether (sulfide) groups is 1. The zero-order valence-corrected chi connectivity index (χ0v) is 18.7. The first-order valence-corrected chi connectivity index (χ1v) is 11.6. The molecule has 32 heavy (non-hydrogen) atoms. The van der Waals surface area contributed by atoms with E-state index in [0.717, 1.165) is 5.56 Å². The van der Waals surface area contributed by atoms with Crippen LogP contribution in [0.15, 0.2) is 59.8 Å². The number of carbonyl (C=O) groups is 1. The van der Waals surface area contributed by atoms with E-state index >= 15 is 0 Å². The molecule has 4 rings (SSSR count). The monoisotopic (exact) mass is 455 g/mol.